The first-order valence-corrected chi connectivity index (χ1v) is 8.68. The van der Waals surface area contributed by atoms with Crippen molar-refractivity contribution < 1.29 is 9.53 Å². The third-order valence-electron chi connectivity index (χ3n) is 4.75. The van der Waals surface area contributed by atoms with E-state index in [0.29, 0.717) is 24.9 Å². The molecule has 134 valence electrons. The van der Waals surface area contributed by atoms with E-state index in [1.54, 1.807) is 7.11 Å². The molecule has 1 aromatic rings. The number of hydrogen-bond donors (Lipinski definition) is 2. The molecular formula is C19H31N3O2. The molecule has 0 radical (unpaired) electrons. The van der Waals surface area contributed by atoms with Crippen LogP contribution in [0.15, 0.2) is 24.3 Å². The lowest BCUT2D eigenvalue weighted by molar-refractivity contribution is -0.130. The van der Waals surface area contributed by atoms with Crippen LogP contribution in [0.1, 0.15) is 39.2 Å². The molecule has 1 aromatic carbocycles. The SMILES string of the molecule is COc1ccccc1CCC(=O)N(C)CC1CC(C(C)(C)C)NN1. The lowest BCUT2D eigenvalue weighted by Gasteiger charge is -2.26. The number of nitrogens with one attached hydrogen (secondary N) is 2. The number of carbonyl (C=O) groups is 1. The maximum Gasteiger partial charge on any atom is 0.222 e. The summed E-state index contributed by atoms with van der Waals surface area (Å²) in [5.74, 6) is 1.02. The van der Waals surface area contributed by atoms with Gasteiger partial charge in [0.2, 0.25) is 5.91 Å². The molecule has 0 aromatic heterocycles. The van der Waals surface area contributed by atoms with E-state index >= 15 is 0 Å². The lowest BCUT2D eigenvalue weighted by Crippen LogP contribution is -2.42. The van der Waals surface area contributed by atoms with Gasteiger partial charge in [-0.1, -0.05) is 39.0 Å². The summed E-state index contributed by atoms with van der Waals surface area (Å²) in [5.41, 5.74) is 7.98. The van der Waals surface area contributed by atoms with E-state index in [1.165, 1.54) is 0 Å². The normalized spacial score (nSPS) is 20.9. The van der Waals surface area contributed by atoms with Gasteiger partial charge in [0.05, 0.1) is 7.11 Å². The predicted molar refractivity (Wildman–Crippen MR) is 96.9 cm³/mol. The molecule has 1 aliphatic rings. The first-order chi connectivity index (χ1) is 11.3. The van der Waals surface area contributed by atoms with Crippen molar-refractivity contribution in [3.05, 3.63) is 29.8 Å². The topological polar surface area (TPSA) is 53.6 Å². The number of aryl methyl sites for hydroxylation is 1. The Kier molecular flexibility index (Phi) is 6.24. The molecule has 1 heterocycles. The standard InChI is InChI=1S/C19H31N3O2/c1-19(2,3)17-12-15(20-21-17)13-22(4)18(23)11-10-14-8-6-7-9-16(14)24-5/h6-9,15,17,20-21H,10-13H2,1-5H3. The Bertz CT molecular complexity index is 554. The summed E-state index contributed by atoms with van der Waals surface area (Å²) < 4.78 is 5.35. The molecule has 2 atom stereocenters. The van der Waals surface area contributed by atoms with E-state index in [4.69, 9.17) is 4.74 Å². The fourth-order valence-corrected chi connectivity index (χ4v) is 3.09. The van der Waals surface area contributed by atoms with Crippen molar-refractivity contribution in [3.63, 3.8) is 0 Å². The first-order valence-electron chi connectivity index (χ1n) is 8.68. The van der Waals surface area contributed by atoms with Gasteiger partial charge in [-0.3, -0.25) is 15.6 Å². The average molecular weight is 333 g/mol. The van der Waals surface area contributed by atoms with Gasteiger partial charge >= 0.3 is 0 Å². The van der Waals surface area contributed by atoms with Gasteiger partial charge in [0.25, 0.3) is 0 Å². The number of carbonyl (C=O) groups excluding carboxylic acids is 1. The van der Waals surface area contributed by atoms with Crippen LogP contribution in [0, 0.1) is 5.41 Å². The molecule has 0 spiro atoms. The Morgan fingerprint density at radius 1 is 1.29 bits per heavy atom. The predicted octanol–water partition coefficient (Wildman–Crippen LogP) is 2.37. The largest absolute Gasteiger partial charge is 0.496 e. The molecule has 0 aliphatic carbocycles. The minimum absolute atomic E-state index is 0.168. The third-order valence-corrected chi connectivity index (χ3v) is 4.75. The van der Waals surface area contributed by atoms with E-state index in [9.17, 15) is 4.79 Å². The highest BCUT2D eigenvalue weighted by Crippen LogP contribution is 2.25. The number of amides is 1. The maximum absolute atomic E-state index is 12.4. The van der Waals surface area contributed by atoms with Crippen LogP contribution in [0.5, 0.6) is 5.75 Å². The van der Waals surface area contributed by atoms with Gasteiger partial charge in [0, 0.05) is 32.1 Å². The molecule has 24 heavy (non-hydrogen) atoms. The molecule has 1 amide bonds. The molecule has 2 rings (SSSR count). The molecule has 1 fully saturated rings. The number of hydrazine groups is 1. The van der Waals surface area contributed by atoms with Gasteiger partial charge in [-0.15, -0.1) is 0 Å². The summed E-state index contributed by atoms with van der Waals surface area (Å²) in [6, 6.07) is 8.61. The molecule has 0 bridgehead atoms. The lowest BCUT2D eigenvalue weighted by atomic mass is 9.84. The number of rotatable bonds is 6. The Morgan fingerprint density at radius 3 is 2.62 bits per heavy atom. The summed E-state index contributed by atoms with van der Waals surface area (Å²) >= 11 is 0. The highest BCUT2D eigenvalue weighted by atomic mass is 16.5. The molecule has 5 nitrogen and oxygen atoms in total. The Hall–Kier alpha value is -1.59. The van der Waals surface area contributed by atoms with Crippen LogP contribution in [0.2, 0.25) is 0 Å². The monoisotopic (exact) mass is 333 g/mol. The minimum Gasteiger partial charge on any atom is -0.496 e. The van der Waals surface area contributed by atoms with Crippen LogP contribution in [0.25, 0.3) is 0 Å². The number of likely N-dealkylation sites (N-methyl/N-ethyl adjacent to an activating group) is 1. The van der Waals surface area contributed by atoms with Crippen LogP contribution in [0.3, 0.4) is 0 Å². The molecule has 1 aliphatic heterocycles. The second kappa shape index (κ2) is 7.99. The summed E-state index contributed by atoms with van der Waals surface area (Å²) in [6.45, 7) is 7.43. The van der Waals surface area contributed by atoms with Crippen LogP contribution in [-0.2, 0) is 11.2 Å². The molecule has 5 heteroatoms. The number of nitrogens with zero attached hydrogens (tertiary/aromatic N) is 1. The Morgan fingerprint density at radius 2 is 2.00 bits per heavy atom. The van der Waals surface area contributed by atoms with E-state index in [-0.39, 0.29) is 11.3 Å². The van der Waals surface area contributed by atoms with Gasteiger partial charge in [-0.05, 0) is 29.9 Å². The van der Waals surface area contributed by atoms with E-state index in [2.05, 4.69) is 31.6 Å². The van der Waals surface area contributed by atoms with E-state index in [1.807, 2.05) is 36.2 Å². The highest BCUT2D eigenvalue weighted by molar-refractivity contribution is 5.76. The van der Waals surface area contributed by atoms with Gasteiger partial charge in [0.1, 0.15) is 5.75 Å². The van der Waals surface area contributed by atoms with Crippen LogP contribution < -0.4 is 15.6 Å². The Balaban J connectivity index is 1.81. The van der Waals surface area contributed by atoms with Crippen molar-refractivity contribution in [2.24, 2.45) is 5.41 Å². The van der Waals surface area contributed by atoms with Crippen molar-refractivity contribution in [2.45, 2.75) is 52.1 Å². The summed E-state index contributed by atoms with van der Waals surface area (Å²) in [7, 11) is 3.55. The average Bonchev–Trinajstić information content (AvgIpc) is 3.01. The zero-order valence-corrected chi connectivity index (χ0v) is 15.6. The second-order valence-corrected chi connectivity index (χ2v) is 7.73. The number of hydrogen-bond acceptors (Lipinski definition) is 4. The number of ether oxygens (including phenoxy) is 1. The summed E-state index contributed by atoms with van der Waals surface area (Å²) in [5, 5.41) is 0. The molecule has 0 saturated carbocycles. The smallest absolute Gasteiger partial charge is 0.222 e. The summed E-state index contributed by atoms with van der Waals surface area (Å²) in [4.78, 5) is 14.3. The van der Waals surface area contributed by atoms with Crippen LogP contribution >= 0.6 is 0 Å². The van der Waals surface area contributed by atoms with Crippen LogP contribution in [-0.4, -0.2) is 43.6 Å². The molecule has 2 unspecified atom stereocenters. The number of para-hydroxylation sites is 1. The maximum atomic E-state index is 12.4. The second-order valence-electron chi connectivity index (χ2n) is 7.73. The molecule has 1 saturated heterocycles. The van der Waals surface area contributed by atoms with E-state index in [0.717, 1.165) is 24.3 Å². The highest BCUT2D eigenvalue weighted by Gasteiger charge is 2.33. The quantitative estimate of drug-likeness (QED) is 0.839. The third kappa shape index (κ3) is 4.95. The van der Waals surface area contributed by atoms with Crippen molar-refractivity contribution in [3.8, 4) is 5.75 Å². The number of methoxy groups -OCH3 is 1. The molecular weight excluding hydrogens is 302 g/mol. The van der Waals surface area contributed by atoms with Gasteiger partial charge in [-0.2, -0.15) is 0 Å². The van der Waals surface area contributed by atoms with Crippen molar-refractivity contribution in [1.82, 2.24) is 15.8 Å². The fraction of sp³-hybridized carbons (Fsp3) is 0.632. The fourth-order valence-electron chi connectivity index (χ4n) is 3.09. The zero-order valence-electron chi connectivity index (χ0n) is 15.6. The van der Waals surface area contributed by atoms with Crippen molar-refractivity contribution >= 4 is 5.91 Å². The van der Waals surface area contributed by atoms with Gasteiger partial charge < -0.3 is 9.64 Å². The van der Waals surface area contributed by atoms with Crippen molar-refractivity contribution in [2.75, 3.05) is 20.7 Å². The zero-order chi connectivity index (χ0) is 17.7. The Labute approximate surface area is 145 Å². The van der Waals surface area contributed by atoms with Gasteiger partial charge in [0.15, 0.2) is 0 Å². The molecule has 2 N–H and O–H groups in total. The minimum atomic E-state index is 0.168. The first kappa shape index (κ1) is 18.7. The summed E-state index contributed by atoms with van der Waals surface area (Å²) in [6.07, 6.45) is 2.24. The van der Waals surface area contributed by atoms with Gasteiger partial charge in [-0.25, -0.2) is 0 Å². The van der Waals surface area contributed by atoms with E-state index < -0.39 is 0 Å². The van der Waals surface area contributed by atoms with Crippen molar-refractivity contribution in [1.29, 1.82) is 0 Å². The number of benzene rings is 1. The van der Waals surface area contributed by atoms with Crippen LogP contribution in [0.4, 0.5) is 0 Å².